The maximum absolute atomic E-state index is 12.3. The van der Waals surface area contributed by atoms with Gasteiger partial charge >= 0.3 is 0 Å². The second-order valence-corrected chi connectivity index (χ2v) is 9.20. The first-order chi connectivity index (χ1) is 13.4. The Morgan fingerprint density at radius 2 is 1.96 bits per heavy atom. The van der Waals surface area contributed by atoms with E-state index in [4.69, 9.17) is 0 Å². The zero-order chi connectivity index (χ0) is 19.9. The predicted molar refractivity (Wildman–Crippen MR) is 111 cm³/mol. The number of amides is 1. The van der Waals surface area contributed by atoms with E-state index in [1.165, 1.54) is 0 Å². The van der Waals surface area contributed by atoms with Crippen molar-refractivity contribution < 1.29 is 13.2 Å². The first-order valence-electron chi connectivity index (χ1n) is 9.26. The van der Waals surface area contributed by atoms with Crippen LogP contribution in [0.3, 0.4) is 0 Å². The molecule has 1 aromatic carbocycles. The van der Waals surface area contributed by atoms with Gasteiger partial charge in [0.15, 0.2) is 0 Å². The van der Waals surface area contributed by atoms with Gasteiger partial charge in [0.25, 0.3) is 0 Å². The lowest BCUT2D eigenvalue weighted by atomic mass is 10.0. The minimum Gasteiger partial charge on any atom is -0.346 e. The highest BCUT2D eigenvalue weighted by Crippen LogP contribution is 2.39. The standard InChI is InChI=1S/C20H22N4O3S/c1-3-28(26,27)24-14-6-4-13(5-7-14)17-11-18(22-19-15(17)8-9-21-19)23-20(25)16-10-12(16)2/h4-9,11-12,16,24H,3,10H2,1-2H3,(H2,21,22,23,25). The van der Waals surface area contributed by atoms with Gasteiger partial charge in [0.1, 0.15) is 11.5 Å². The minimum absolute atomic E-state index is 0.00109. The van der Waals surface area contributed by atoms with Crippen molar-refractivity contribution in [2.45, 2.75) is 20.3 Å². The molecule has 2 atom stereocenters. The van der Waals surface area contributed by atoms with E-state index < -0.39 is 10.0 Å². The summed E-state index contributed by atoms with van der Waals surface area (Å²) < 4.78 is 26.0. The lowest BCUT2D eigenvalue weighted by molar-refractivity contribution is -0.117. The number of anilines is 2. The molecule has 1 fully saturated rings. The second-order valence-electron chi connectivity index (χ2n) is 7.19. The van der Waals surface area contributed by atoms with Crippen LogP contribution in [0.4, 0.5) is 11.5 Å². The minimum atomic E-state index is -3.32. The Morgan fingerprint density at radius 3 is 2.61 bits per heavy atom. The molecule has 2 unspecified atom stereocenters. The van der Waals surface area contributed by atoms with Crippen LogP contribution in [0.15, 0.2) is 42.6 Å². The molecule has 0 radical (unpaired) electrons. The fraction of sp³-hybridized carbons (Fsp3) is 0.300. The van der Waals surface area contributed by atoms with E-state index in [0.29, 0.717) is 23.1 Å². The first-order valence-corrected chi connectivity index (χ1v) is 10.9. The van der Waals surface area contributed by atoms with Gasteiger partial charge in [-0.2, -0.15) is 0 Å². The SMILES string of the molecule is CCS(=O)(=O)Nc1ccc(-c2cc(NC(=O)C3CC3C)nc3[nH]ccc23)cc1. The Hall–Kier alpha value is -2.87. The molecule has 28 heavy (non-hydrogen) atoms. The van der Waals surface area contributed by atoms with Gasteiger partial charge in [0, 0.05) is 23.2 Å². The average molecular weight is 398 g/mol. The molecule has 146 valence electrons. The largest absolute Gasteiger partial charge is 0.346 e. The average Bonchev–Trinajstić information content (AvgIpc) is 3.21. The second kappa shape index (κ2) is 6.94. The number of nitrogens with zero attached hydrogens (tertiary/aromatic N) is 1. The lowest BCUT2D eigenvalue weighted by Gasteiger charge is -2.10. The molecular weight excluding hydrogens is 376 g/mol. The summed E-state index contributed by atoms with van der Waals surface area (Å²) in [4.78, 5) is 19.9. The number of H-pyrrole nitrogens is 1. The van der Waals surface area contributed by atoms with Crippen LogP contribution in [0.1, 0.15) is 20.3 Å². The molecule has 0 bridgehead atoms. The number of hydrogen-bond acceptors (Lipinski definition) is 4. The number of nitrogens with one attached hydrogen (secondary N) is 3. The Kier molecular flexibility index (Phi) is 4.58. The van der Waals surface area contributed by atoms with Crippen molar-refractivity contribution >= 4 is 38.5 Å². The van der Waals surface area contributed by atoms with Crippen molar-refractivity contribution in [3.8, 4) is 11.1 Å². The summed E-state index contributed by atoms with van der Waals surface area (Å²) in [6.07, 6.45) is 2.72. The molecule has 4 rings (SSSR count). The van der Waals surface area contributed by atoms with Crippen LogP contribution in [-0.4, -0.2) is 30.0 Å². The molecule has 1 amide bonds. The van der Waals surface area contributed by atoms with E-state index in [9.17, 15) is 13.2 Å². The normalized spacial score (nSPS) is 18.8. The molecule has 2 aromatic heterocycles. The Labute approximate surface area is 163 Å². The van der Waals surface area contributed by atoms with Gasteiger partial charge in [-0.3, -0.25) is 9.52 Å². The van der Waals surface area contributed by atoms with Gasteiger partial charge in [0.05, 0.1) is 5.75 Å². The molecule has 8 heteroatoms. The smallest absolute Gasteiger partial charge is 0.232 e. The van der Waals surface area contributed by atoms with Crippen molar-refractivity contribution in [2.24, 2.45) is 11.8 Å². The first kappa shape index (κ1) is 18.5. The Bertz CT molecular complexity index is 1140. The number of carbonyl (C=O) groups excluding carboxylic acids is 1. The molecule has 0 spiro atoms. The van der Waals surface area contributed by atoms with Gasteiger partial charge < -0.3 is 10.3 Å². The topological polar surface area (TPSA) is 104 Å². The van der Waals surface area contributed by atoms with Gasteiger partial charge in [0.2, 0.25) is 15.9 Å². The number of aromatic amines is 1. The van der Waals surface area contributed by atoms with Gasteiger partial charge in [-0.15, -0.1) is 0 Å². The van der Waals surface area contributed by atoms with Crippen molar-refractivity contribution in [3.05, 3.63) is 42.6 Å². The Balaban J connectivity index is 1.65. The van der Waals surface area contributed by atoms with Crippen LogP contribution in [0.25, 0.3) is 22.2 Å². The molecule has 1 aliphatic rings. The van der Waals surface area contributed by atoms with Gasteiger partial charge in [-0.25, -0.2) is 13.4 Å². The molecule has 1 aliphatic carbocycles. The van der Waals surface area contributed by atoms with Crippen LogP contribution in [-0.2, 0) is 14.8 Å². The van der Waals surface area contributed by atoms with E-state index >= 15 is 0 Å². The number of fused-ring (bicyclic) bond motifs is 1. The van der Waals surface area contributed by atoms with E-state index in [1.54, 1.807) is 25.3 Å². The monoisotopic (exact) mass is 398 g/mol. The molecule has 0 aliphatic heterocycles. The van der Waals surface area contributed by atoms with Crippen molar-refractivity contribution in [1.82, 2.24) is 9.97 Å². The summed E-state index contributed by atoms with van der Waals surface area (Å²) in [6.45, 7) is 3.65. The van der Waals surface area contributed by atoms with Crippen LogP contribution >= 0.6 is 0 Å². The van der Waals surface area contributed by atoms with Crippen LogP contribution < -0.4 is 10.0 Å². The summed E-state index contributed by atoms with van der Waals surface area (Å²) in [7, 11) is -3.32. The number of hydrogen-bond donors (Lipinski definition) is 3. The molecule has 3 N–H and O–H groups in total. The highest BCUT2D eigenvalue weighted by molar-refractivity contribution is 7.92. The summed E-state index contributed by atoms with van der Waals surface area (Å²) >= 11 is 0. The third kappa shape index (κ3) is 3.73. The third-order valence-electron chi connectivity index (χ3n) is 5.08. The van der Waals surface area contributed by atoms with Crippen molar-refractivity contribution in [2.75, 3.05) is 15.8 Å². The molecule has 1 saturated carbocycles. The van der Waals surface area contributed by atoms with E-state index in [2.05, 4.69) is 26.9 Å². The molecule has 2 heterocycles. The zero-order valence-electron chi connectivity index (χ0n) is 15.7. The van der Waals surface area contributed by atoms with Crippen LogP contribution in [0.2, 0.25) is 0 Å². The molecule has 0 saturated heterocycles. The van der Waals surface area contributed by atoms with Crippen LogP contribution in [0.5, 0.6) is 0 Å². The van der Waals surface area contributed by atoms with Gasteiger partial charge in [-0.05, 0) is 54.7 Å². The van der Waals surface area contributed by atoms with Crippen molar-refractivity contribution in [1.29, 1.82) is 0 Å². The van der Waals surface area contributed by atoms with Gasteiger partial charge in [-0.1, -0.05) is 19.1 Å². The predicted octanol–water partition coefficient (Wildman–Crippen LogP) is 3.59. The summed E-state index contributed by atoms with van der Waals surface area (Å²) in [5.74, 6) is 1.01. The fourth-order valence-electron chi connectivity index (χ4n) is 3.22. The Morgan fingerprint density at radius 1 is 1.25 bits per heavy atom. The fourth-order valence-corrected chi connectivity index (χ4v) is 3.86. The highest BCUT2D eigenvalue weighted by Gasteiger charge is 2.39. The molecule has 3 aromatic rings. The third-order valence-corrected chi connectivity index (χ3v) is 6.38. The highest BCUT2D eigenvalue weighted by atomic mass is 32.2. The summed E-state index contributed by atoms with van der Waals surface area (Å²) in [6, 6.07) is 10.9. The number of rotatable bonds is 6. The maximum atomic E-state index is 12.3. The number of sulfonamides is 1. The number of carbonyl (C=O) groups is 1. The van der Waals surface area contributed by atoms with Crippen molar-refractivity contribution in [3.63, 3.8) is 0 Å². The zero-order valence-corrected chi connectivity index (χ0v) is 16.5. The van der Waals surface area contributed by atoms with E-state index in [1.807, 2.05) is 24.3 Å². The molecule has 7 nitrogen and oxygen atoms in total. The summed E-state index contributed by atoms with van der Waals surface area (Å²) in [5, 5.41) is 3.84. The lowest BCUT2D eigenvalue weighted by Crippen LogP contribution is -2.15. The number of pyridine rings is 1. The quantitative estimate of drug-likeness (QED) is 0.590. The van der Waals surface area contributed by atoms with E-state index in [0.717, 1.165) is 22.9 Å². The summed E-state index contributed by atoms with van der Waals surface area (Å²) in [5.41, 5.74) is 3.02. The van der Waals surface area contributed by atoms with E-state index in [-0.39, 0.29) is 17.6 Å². The number of benzene rings is 1. The number of aromatic nitrogens is 2. The molecular formula is C20H22N4O3S. The van der Waals surface area contributed by atoms with Crippen LogP contribution in [0, 0.1) is 11.8 Å². The maximum Gasteiger partial charge on any atom is 0.232 e.